The summed E-state index contributed by atoms with van der Waals surface area (Å²) >= 11 is 0. The van der Waals surface area contributed by atoms with Gasteiger partial charge in [-0.3, -0.25) is 0 Å². The van der Waals surface area contributed by atoms with Crippen molar-refractivity contribution in [3.63, 3.8) is 0 Å². The molecule has 6 heteroatoms. The number of para-hydroxylation sites is 1. The van der Waals surface area contributed by atoms with E-state index in [0.29, 0.717) is 12.3 Å². The number of benzene rings is 1. The van der Waals surface area contributed by atoms with Crippen LogP contribution in [-0.2, 0) is 14.8 Å². The molecule has 1 aromatic rings. The Morgan fingerprint density at radius 2 is 1.89 bits per heavy atom. The first kappa shape index (κ1) is 15.9. The maximum absolute atomic E-state index is 12.4. The minimum absolute atomic E-state index is 0.150. The quantitative estimate of drug-likeness (QED) is 0.800. The van der Waals surface area contributed by atoms with Crippen LogP contribution >= 0.6 is 0 Å². The molecule has 0 fully saturated rings. The number of nitrogens with one attached hydrogen (secondary N) is 2. The Hall–Kier alpha value is -1.11. The van der Waals surface area contributed by atoms with Crippen LogP contribution in [0.15, 0.2) is 29.2 Å². The van der Waals surface area contributed by atoms with Gasteiger partial charge in [0.2, 0.25) is 10.0 Å². The largest absolute Gasteiger partial charge is 0.387 e. The fraction of sp³-hybridized carbons (Fsp3) is 0.538. The molecular formula is C13H22N2O3S. The SMILES string of the molecule is CNc1ccccc1S(=O)(=O)NC(COC)C(C)C. The summed E-state index contributed by atoms with van der Waals surface area (Å²) in [7, 11) is -0.303. The number of ether oxygens (including phenoxy) is 1. The van der Waals surface area contributed by atoms with Gasteiger partial charge in [0.05, 0.1) is 12.3 Å². The molecule has 0 aliphatic heterocycles. The maximum Gasteiger partial charge on any atom is 0.242 e. The van der Waals surface area contributed by atoms with Gasteiger partial charge in [-0.25, -0.2) is 13.1 Å². The summed E-state index contributed by atoms with van der Waals surface area (Å²) in [5, 5.41) is 2.89. The molecule has 1 rings (SSSR count). The molecule has 108 valence electrons. The van der Waals surface area contributed by atoms with Crippen molar-refractivity contribution in [2.45, 2.75) is 24.8 Å². The van der Waals surface area contributed by atoms with E-state index in [2.05, 4.69) is 10.0 Å². The summed E-state index contributed by atoms with van der Waals surface area (Å²) in [4.78, 5) is 0.249. The first-order valence-corrected chi connectivity index (χ1v) is 7.68. The summed E-state index contributed by atoms with van der Waals surface area (Å²) in [6.07, 6.45) is 0. The summed E-state index contributed by atoms with van der Waals surface area (Å²) < 4.78 is 32.5. The van der Waals surface area contributed by atoms with Crippen LogP contribution in [0.3, 0.4) is 0 Å². The van der Waals surface area contributed by atoms with Crippen molar-refractivity contribution in [1.29, 1.82) is 0 Å². The van der Waals surface area contributed by atoms with Crippen LogP contribution in [0.25, 0.3) is 0 Å². The van der Waals surface area contributed by atoms with Crippen LogP contribution in [0.4, 0.5) is 5.69 Å². The topological polar surface area (TPSA) is 67.4 Å². The standard InChI is InChI=1S/C13H22N2O3S/c1-10(2)12(9-18-4)15-19(16,17)13-8-6-5-7-11(13)14-3/h5-8,10,12,14-15H,9H2,1-4H3. The summed E-state index contributed by atoms with van der Waals surface area (Å²) in [5.74, 6) is 0.150. The van der Waals surface area contributed by atoms with Crippen molar-refractivity contribution in [3.8, 4) is 0 Å². The van der Waals surface area contributed by atoms with E-state index in [-0.39, 0.29) is 16.9 Å². The molecule has 19 heavy (non-hydrogen) atoms. The lowest BCUT2D eigenvalue weighted by Crippen LogP contribution is -2.41. The molecule has 1 aromatic carbocycles. The molecule has 1 atom stereocenters. The molecule has 0 spiro atoms. The highest BCUT2D eigenvalue weighted by Gasteiger charge is 2.24. The summed E-state index contributed by atoms with van der Waals surface area (Å²) in [6, 6.07) is 6.56. The second-order valence-corrected chi connectivity index (χ2v) is 6.36. The molecule has 0 radical (unpaired) electrons. The van der Waals surface area contributed by atoms with Gasteiger partial charge in [0.15, 0.2) is 0 Å². The molecule has 5 nitrogen and oxygen atoms in total. The molecule has 0 amide bonds. The lowest BCUT2D eigenvalue weighted by atomic mass is 10.1. The van der Waals surface area contributed by atoms with E-state index in [4.69, 9.17) is 4.74 Å². The molecule has 0 saturated carbocycles. The smallest absolute Gasteiger partial charge is 0.242 e. The van der Waals surface area contributed by atoms with Crippen molar-refractivity contribution in [1.82, 2.24) is 4.72 Å². The van der Waals surface area contributed by atoms with Gasteiger partial charge in [0.1, 0.15) is 4.90 Å². The van der Waals surface area contributed by atoms with Gasteiger partial charge in [-0.15, -0.1) is 0 Å². The zero-order chi connectivity index (χ0) is 14.5. The fourth-order valence-corrected chi connectivity index (χ4v) is 3.30. The van der Waals surface area contributed by atoms with E-state index < -0.39 is 10.0 Å². The third kappa shape index (κ3) is 4.19. The Bertz CT molecular complexity index is 500. The van der Waals surface area contributed by atoms with Crippen molar-refractivity contribution >= 4 is 15.7 Å². The molecule has 1 unspecified atom stereocenters. The molecular weight excluding hydrogens is 264 g/mol. The van der Waals surface area contributed by atoms with Crippen molar-refractivity contribution in [2.75, 3.05) is 26.1 Å². The number of rotatable bonds is 7. The first-order valence-electron chi connectivity index (χ1n) is 6.20. The predicted molar refractivity (Wildman–Crippen MR) is 76.8 cm³/mol. The summed E-state index contributed by atoms with van der Waals surface area (Å²) in [5.41, 5.74) is 0.579. The van der Waals surface area contributed by atoms with E-state index in [1.165, 1.54) is 0 Å². The molecule has 0 bridgehead atoms. The Morgan fingerprint density at radius 3 is 2.42 bits per heavy atom. The number of anilines is 1. The van der Waals surface area contributed by atoms with E-state index in [1.54, 1.807) is 38.4 Å². The number of methoxy groups -OCH3 is 1. The Morgan fingerprint density at radius 1 is 1.26 bits per heavy atom. The normalized spacial score (nSPS) is 13.5. The molecule has 0 aliphatic carbocycles. The van der Waals surface area contributed by atoms with Crippen LogP contribution in [0, 0.1) is 5.92 Å². The average molecular weight is 286 g/mol. The average Bonchev–Trinajstić information content (AvgIpc) is 2.38. The van der Waals surface area contributed by atoms with Crippen molar-refractivity contribution < 1.29 is 13.2 Å². The second-order valence-electron chi connectivity index (χ2n) is 4.67. The minimum Gasteiger partial charge on any atom is -0.387 e. The molecule has 0 aromatic heterocycles. The third-order valence-corrected chi connectivity index (χ3v) is 4.45. The van der Waals surface area contributed by atoms with Gasteiger partial charge in [0, 0.05) is 20.2 Å². The minimum atomic E-state index is -3.56. The van der Waals surface area contributed by atoms with E-state index in [1.807, 2.05) is 13.8 Å². The van der Waals surface area contributed by atoms with Gasteiger partial charge in [-0.05, 0) is 18.1 Å². The third-order valence-electron chi connectivity index (χ3n) is 2.90. The lowest BCUT2D eigenvalue weighted by molar-refractivity contribution is 0.157. The van der Waals surface area contributed by atoms with Gasteiger partial charge in [-0.2, -0.15) is 0 Å². The van der Waals surface area contributed by atoms with E-state index >= 15 is 0 Å². The highest BCUT2D eigenvalue weighted by atomic mass is 32.2. The number of sulfonamides is 1. The first-order chi connectivity index (χ1) is 8.92. The zero-order valence-corrected chi connectivity index (χ0v) is 12.6. The van der Waals surface area contributed by atoms with Crippen LogP contribution in [0.2, 0.25) is 0 Å². The van der Waals surface area contributed by atoms with Crippen LogP contribution in [0.5, 0.6) is 0 Å². The van der Waals surface area contributed by atoms with Gasteiger partial charge in [-0.1, -0.05) is 26.0 Å². The van der Waals surface area contributed by atoms with Crippen LogP contribution in [0.1, 0.15) is 13.8 Å². The second kappa shape index (κ2) is 6.88. The number of hydrogen-bond donors (Lipinski definition) is 2. The zero-order valence-electron chi connectivity index (χ0n) is 11.8. The van der Waals surface area contributed by atoms with Crippen molar-refractivity contribution in [3.05, 3.63) is 24.3 Å². The van der Waals surface area contributed by atoms with Crippen LogP contribution in [-0.4, -0.2) is 35.2 Å². The van der Waals surface area contributed by atoms with Crippen molar-refractivity contribution in [2.24, 2.45) is 5.92 Å². The molecule has 2 N–H and O–H groups in total. The van der Waals surface area contributed by atoms with Crippen LogP contribution < -0.4 is 10.0 Å². The Balaban J connectivity index is 3.03. The summed E-state index contributed by atoms with van der Waals surface area (Å²) in [6.45, 7) is 4.25. The lowest BCUT2D eigenvalue weighted by Gasteiger charge is -2.22. The Kier molecular flexibility index (Phi) is 5.78. The van der Waals surface area contributed by atoms with E-state index in [0.717, 1.165) is 0 Å². The molecule has 0 heterocycles. The Labute approximate surface area is 115 Å². The number of hydrogen-bond acceptors (Lipinski definition) is 4. The monoisotopic (exact) mass is 286 g/mol. The van der Waals surface area contributed by atoms with E-state index in [9.17, 15) is 8.42 Å². The maximum atomic E-state index is 12.4. The van der Waals surface area contributed by atoms with Gasteiger partial charge >= 0.3 is 0 Å². The van der Waals surface area contributed by atoms with Gasteiger partial charge < -0.3 is 10.1 Å². The highest BCUT2D eigenvalue weighted by Crippen LogP contribution is 2.21. The predicted octanol–water partition coefficient (Wildman–Crippen LogP) is 1.68. The fourth-order valence-electron chi connectivity index (χ4n) is 1.71. The highest BCUT2D eigenvalue weighted by molar-refractivity contribution is 7.89. The molecule has 0 saturated heterocycles. The van der Waals surface area contributed by atoms with Gasteiger partial charge in [0.25, 0.3) is 0 Å². The molecule has 0 aliphatic rings.